The van der Waals surface area contributed by atoms with Gasteiger partial charge in [-0.3, -0.25) is 9.36 Å². The first-order valence-electron chi connectivity index (χ1n) is 7.23. The molecule has 0 unspecified atom stereocenters. The molecule has 0 aliphatic carbocycles. The summed E-state index contributed by atoms with van der Waals surface area (Å²) in [5.41, 5.74) is 1.47. The van der Waals surface area contributed by atoms with Crippen molar-refractivity contribution in [3.63, 3.8) is 0 Å². The molecule has 0 spiro atoms. The fraction of sp³-hybridized carbons (Fsp3) is 0.278. The first-order valence-corrected chi connectivity index (χ1v) is 8.23. The van der Waals surface area contributed by atoms with E-state index in [2.05, 4.69) is 6.92 Å². The minimum absolute atomic E-state index is 0.0752. The van der Waals surface area contributed by atoms with Crippen molar-refractivity contribution >= 4 is 14.2 Å². The smallest absolute Gasteiger partial charge is 0.193 e. The van der Waals surface area contributed by atoms with Gasteiger partial charge in [0.1, 0.15) is 0 Å². The topological polar surface area (TPSA) is 34.1 Å². The molecule has 0 heterocycles. The Balaban J connectivity index is 0.000000270. The summed E-state index contributed by atoms with van der Waals surface area (Å²) >= 11 is 0. The lowest BCUT2D eigenvalue weighted by atomic mass is 10.0. The van der Waals surface area contributed by atoms with E-state index in [0.717, 1.165) is 23.7 Å². The number of rotatable bonds is 6. The number of hydrogen-bond donors (Lipinski definition) is 0. The first-order chi connectivity index (χ1) is 10.3. The molecular weight excluding hydrogens is 279 g/mol. The highest BCUT2D eigenvalue weighted by Crippen LogP contribution is 2.08. The van der Waals surface area contributed by atoms with Crippen LogP contribution in [0.25, 0.3) is 0 Å². The Hall–Kier alpha value is -1.79. The van der Waals surface area contributed by atoms with E-state index in [9.17, 15) is 9.36 Å². The number of ketones is 1. The fourth-order valence-electron chi connectivity index (χ4n) is 1.77. The number of hydrogen-bond acceptors (Lipinski definition) is 2. The second-order valence-electron chi connectivity index (χ2n) is 4.62. The molecule has 0 aromatic heterocycles. The van der Waals surface area contributed by atoms with Crippen LogP contribution in [0.2, 0.25) is 0 Å². The van der Waals surface area contributed by atoms with E-state index in [1.165, 1.54) is 12.8 Å². The molecule has 0 amide bonds. The second-order valence-corrected chi connectivity index (χ2v) is 5.33. The molecule has 0 saturated heterocycles. The van der Waals surface area contributed by atoms with E-state index in [1.54, 1.807) is 0 Å². The van der Waals surface area contributed by atoms with Crippen molar-refractivity contribution in [2.75, 3.05) is 6.16 Å². The van der Waals surface area contributed by atoms with Gasteiger partial charge in [0.05, 0.1) is 0 Å². The van der Waals surface area contributed by atoms with Crippen LogP contribution in [0.1, 0.15) is 42.1 Å². The van der Waals surface area contributed by atoms with E-state index < -0.39 is 0 Å². The zero-order valence-corrected chi connectivity index (χ0v) is 13.3. The van der Waals surface area contributed by atoms with Gasteiger partial charge in [-0.05, 0) is 6.42 Å². The van der Waals surface area contributed by atoms with Crippen molar-refractivity contribution in [2.45, 2.75) is 26.2 Å². The maximum Gasteiger partial charge on any atom is 0.193 e. The Labute approximate surface area is 128 Å². The van der Waals surface area contributed by atoms with Gasteiger partial charge in [-0.25, -0.2) is 0 Å². The van der Waals surface area contributed by atoms with E-state index >= 15 is 0 Å². The molecule has 0 aliphatic heterocycles. The number of unbranched alkanes of at least 4 members (excludes halogenated alkanes) is 2. The van der Waals surface area contributed by atoms with Gasteiger partial charge in [0.15, 0.2) is 14.2 Å². The molecule has 0 aliphatic rings. The molecule has 0 bridgehead atoms. The number of carbonyl (C=O) groups is 1. The van der Waals surface area contributed by atoms with Gasteiger partial charge >= 0.3 is 0 Å². The summed E-state index contributed by atoms with van der Waals surface area (Å²) in [6.45, 7) is 2.14. The molecule has 2 aromatic rings. The summed E-state index contributed by atoms with van der Waals surface area (Å²) in [6.07, 6.45) is 4.39. The van der Waals surface area contributed by atoms with E-state index in [0.29, 0.717) is 8.46 Å². The van der Waals surface area contributed by atoms with Crippen LogP contribution in [0.4, 0.5) is 0 Å². The third-order valence-electron chi connectivity index (χ3n) is 2.92. The Morgan fingerprint density at radius 2 is 1.33 bits per heavy atom. The predicted octanol–water partition coefficient (Wildman–Crippen LogP) is 5.39. The zero-order valence-electron chi connectivity index (χ0n) is 12.4. The Kier molecular flexibility index (Phi) is 8.99. The SMILES string of the molecule is CCCCCP=O.O=C(c1ccccc1)c1ccccc1. The minimum atomic E-state index is 0.0752. The van der Waals surface area contributed by atoms with Crippen molar-refractivity contribution in [1.29, 1.82) is 0 Å². The van der Waals surface area contributed by atoms with Crippen molar-refractivity contribution in [1.82, 2.24) is 0 Å². The lowest BCUT2D eigenvalue weighted by Crippen LogP contribution is -1.99. The van der Waals surface area contributed by atoms with Crippen molar-refractivity contribution in [3.05, 3.63) is 71.8 Å². The van der Waals surface area contributed by atoms with Crippen LogP contribution in [0.15, 0.2) is 60.7 Å². The molecule has 3 heteroatoms. The third kappa shape index (κ3) is 6.97. The predicted molar refractivity (Wildman–Crippen MR) is 88.3 cm³/mol. The van der Waals surface area contributed by atoms with Crippen LogP contribution in [0.5, 0.6) is 0 Å². The van der Waals surface area contributed by atoms with Crippen molar-refractivity contribution in [3.8, 4) is 0 Å². The van der Waals surface area contributed by atoms with Crippen molar-refractivity contribution in [2.24, 2.45) is 0 Å². The maximum atomic E-state index is 11.8. The van der Waals surface area contributed by atoms with E-state index in [1.807, 2.05) is 60.7 Å². The molecule has 2 nitrogen and oxygen atoms in total. The number of benzene rings is 2. The quantitative estimate of drug-likeness (QED) is 0.407. The summed E-state index contributed by atoms with van der Waals surface area (Å²) in [4.78, 5) is 11.8. The molecule has 0 N–H and O–H groups in total. The van der Waals surface area contributed by atoms with Crippen LogP contribution in [-0.2, 0) is 4.57 Å². The summed E-state index contributed by atoms with van der Waals surface area (Å²) in [6, 6.07) is 18.6. The average Bonchev–Trinajstić information content (AvgIpc) is 2.57. The summed E-state index contributed by atoms with van der Waals surface area (Å²) in [5, 5.41) is 0. The summed E-state index contributed by atoms with van der Waals surface area (Å²) < 4.78 is 9.78. The third-order valence-corrected chi connectivity index (χ3v) is 3.42. The molecule has 0 saturated carbocycles. The highest BCUT2D eigenvalue weighted by molar-refractivity contribution is 7.23. The largest absolute Gasteiger partial charge is 0.289 e. The monoisotopic (exact) mass is 300 g/mol. The van der Waals surface area contributed by atoms with Crippen LogP contribution in [0, 0.1) is 0 Å². The Morgan fingerprint density at radius 1 is 0.857 bits per heavy atom. The normalized spacial score (nSPS) is 9.76. The van der Waals surface area contributed by atoms with Crippen molar-refractivity contribution < 1.29 is 9.36 Å². The van der Waals surface area contributed by atoms with Gasteiger partial charge in [0.2, 0.25) is 0 Å². The molecule has 0 atom stereocenters. The van der Waals surface area contributed by atoms with E-state index in [-0.39, 0.29) is 5.78 Å². The lowest BCUT2D eigenvalue weighted by molar-refractivity contribution is 0.103. The van der Waals surface area contributed by atoms with Gasteiger partial charge in [-0.15, -0.1) is 0 Å². The van der Waals surface area contributed by atoms with Gasteiger partial charge in [0, 0.05) is 17.3 Å². The zero-order chi connectivity index (χ0) is 15.3. The average molecular weight is 300 g/mol. The molecular formula is C18H21O2P. The molecule has 0 fully saturated rings. The van der Waals surface area contributed by atoms with Crippen LogP contribution < -0.4 is 0 Å². The number of carbonyl (C=O) groups excluding carboxylic acids is 1. The highest BCUT2D eigenvalue weighted by atomic mass is 31.1. The van der Waals surface area contributed by atoms with Gasteiger partial charge in [0.25, 0.3) is 0 Å². The van der Waals surface area contributed by atoms with Gasteiger partial charge < -0.3 is 0 Å². The fourth-order valence-corrected chi connectivity index (χ4v) is 2.12. The summed E-state index contributed by atoms with van der Waals surface area (Å²) in [5.74, 6) is 0.0752. The van der Waals surface area contributed by atoms with E-state index in [4.69, 9.17) is 0 Å². The van der Waals surface area contributed by atoms with Crippen LogP contribution >= 0.6 is 8.46 Å². The van der Waals surface area contributed by atoms with Gasteiger partial charge in [-0.1, -0.05) is 80.4 Å². The molecule has 0 radical (unpaired) electrons. The maximum absolute atomic E-state index is 11.8. The van der Waals surface area contributed by atoms with Crippen LogP contribution in [0.3, 0.4) is 0 Å². The van der Waals surface area contributed by atoms with Crippen LogP contribution in [-0.4, -0.2) is 11.9 Å². The van der Waals surface area contributed by atoms with Gasteiger partial charge in [-0.2, -0.15) is 0 Å². The molecule has 2 rings (SSSR count). The lowest BCUT2D eigenvalue weighted by Gasteiger charge is -1.99. The minimum Gasteiger partial charge on any atom is -0.289 e. The standard InChI is InChI=1S/C13H10O.C5H11OP/c14-13(11-7-3-1-4-8-11)12-9-5-2-6-10-12;1-2-3-4-5-7-6/h1-10H;2-5H2,1H3. The summed E-state index contributed by atoms with van der Waals surface area (Å²) in [7, 11) is 0.305. The molecule has 110 valence electrons. The Morgan fingerprint density at radius 3 is 1.71 bits per heavy atom. The Bertz CT molecular complexity index is 482. The highest BCUT2D eigenvalue weighted by Gasteiger charge is 2.06. The second kappa shape index (κ2) is 10.9. The molecule has 21 heavy (non-hydrogen) atoms. The first kappa shape index (κ1) is 17.3. The molecule has 2 aromatic carbocycles.